The maximum Gasteiger partial charge on any atom is 0.306 e. The van der Waals surface area contributed by atoms with Crippen molar-refractivity contribution in [3.63, 3.8) is 0 Å². The quantitative estimate of drug-likeness (QED) is 0.577. The van der Waals surface area contributed by atoms with E-state index in [0.29, 0.717) is 0 Å². The number of carbonyl (C=O) groups is 2. The Bertz CT molecular complexity index is 199. The summed E-state index contributed by atoms with van der Waals surface area (Å²) in [5, 5.41) is 17.9. The predicted octanol–water partition coefficient (Wildman–Crippen LogP) is -0.360. The van der Waals surface area contributed by atoms with Crippen LogP contribution in [0.15, 0.2) is 0 Å². The summed E-state index contributed by atoms with van der Waals surface area (Å²) in [5.41, 5.74) is 0. The van der Waals surface area contributed by atoms with Crippen LogP contribution in [0.25, 0.3) is 0 Å². The maximum absolute atomic E-state index is 10.9. The first-order valence-electron chi connectivity index (χ1n) is 4.44. The van der Waals surface area contributed by atoms with Gasteiger partial charge in [-0.15, -0.1) is 0 Å². The molecule has 0 fully saturated rings. The van der Waals surface area contributed by atoms with Crippen molar-refractivity contribution >= 4 is 11.8 Å². The number of rotatable bonds is 6. The molecule has 0 aromatic heterocycles. The zero-order valence-electron chi connectivity index (χ0n) is 8.40. The van der Waals surface area contributed by atoms with Gasteiger partial charge >= 0.3 is 5.97 Å². The lowest BCUT2D eigenvalue weighted by Crippen LogP contribution is -2.29. The molecule has 0 aliphatic heterocycles. The van der Waals surface area contributed by atoms with Crippen LogP contribution in [-0.2, 0) is 14.3 Å². The van der Waals surface area contributed by atoms with E-state index >= 15 is 0 Å². The van der Waals surface area contributed by atoms with Crippen molar-refractivity contribution < 1.29 is 24.5 Å². The minimum absolute atomic E-state index is 0.0157. The van der Waals surface area contributed by atoms with Gasteiger partial charge in [0.15, 0.2) is 0 Å². The highest BCUT2D eigenvalue weighted by Gasteiger charge is 2.13. The molecule has 2 unspecified atom stereocenters. The van der Waals surface area contributed by atoms with Crippen LogP contribution in [0.5, 0.6) is 0 Å². The standard InChI is InChI=1S/C9H16O5/c1-6(10)3-4-9(13)14-5-8(12)7(2)11/h7-8,11-12H,3-5H2,1-2H3. The molecule has 0 aliphatic rings. The summed E-state index contributed by atoms with van der Waals surface area (Å²) in [6.45, 7) is 2.54. The number of hydrogen-bond donors (Lipinski definition) is 2. The summed E-state index contributed by atoms with van der Waals surface area (Å²) in [7, 11) is 0. The van der Waals surface area contributed by atoms with Gasteiger partial charge in [0.1, 0.15) is 18.5 Å². The van der Waals surface area contributed by atoms with Crippen molar-refractivity contribution in [2.24, 2.45) is 0 Å². The van der Waals surface area contributed by atoms with Gasteiger partial charge in [-0.05, 0) is 13.8 Å². The van der Waals surface area contributed by atoms with E-state index in [9.17, 15) is 9.59 Å². The van der Waals surface area contributed by atoms with E-state index < -0.39 is 18.2 Å². The Labute approximate surface area is 82.7 Å². The molecule has 5 nitrogen and oxygen atoms in total. The van der Waals surface area contributed by atoms with Crippen LogP contribution in [0, 0.1) is 0 Å². The molecule has 0 heterocycles. The molecule has 0 spiro atoms. The second-order valence-electron chi connectivity index (χ2n) is 3.19. The van der Waals surface area contributed by atoms with E-state index in [4.69, 9.17) is 10.2 Å². The topological polar surface area (TPSA) is 83.8 Å². The van der Waals surface area contributed by atoms with Crippen LogP contribution in [0.4, 0.5) is 0 Å². The Kier molecular flexibility index (Phi) is 6.07. The number of carbonyl (C=O) groups excluding carboxylic acids is 2. The number of hydrogen-bond acceptors (Lipinski definition) is 5. The zero-order valence-corrected chi connectivity index (χ0v) is 8.40. The Balaban J connectivity index is 3.58. The largest absolute Gasteiger partial charge is 0.463 e. The molecule has 14 heavy (non-hydrogen) atoms. The first kappa shape index (κ1) is 13.1. The average Bonchev–Trinajstić information content (AvgIpc) is 2.10. The highest BCUT2D eigenvalue weighted by atomic mass is 16.5. The molecule has 0 aromatic carbocycles. The lowest BCUT2D eigenvalue weighted by atomic mass is 10.2. The van der Waals surface area contributed by atoms with Crippen LogP contribution in [-0.4, -0.2) is 40.8 Å². The van der Waals surface area contributed by atoms with Gasteiger partial charge in [0.2, 0.25) is 0 Å². The molecular weight excluding hydrogens is 188 g/mol. The van der Waals surface area contributed by atoms with Gasteiger partial charge in [-0.1, -0.05) is 0 Å². The van der Waals surface area contributed by atoms with Gasteiger partial charge in [-0.3, -0.25) is 4.79 Å². The summed E-state index contributed by atoms with van der Waals surface area (Å²) in [6, 6.07) is 0. The molecule has 0 saturated heterocycles. The Hall–Kier alpha value is -0.940. The van der Waals surface area contributed by atoms with Gasteiger partial charge in [-0.25, -0.2) is 0 Å². The van der Waals surface area contributed by atoms with Gasteiger partial charge in [-0.2, -0.15) is 0 Å². The van der Waals surface area contributed by atoms with Crippen LogP contribution in [0.2, 0.25) is 0 Å². The highest BCUT2D eigenvalue weighted by Crippen LogP contribution is 1.97. The van der Waals surface area contributed by atoms with Crippen LogP contribution >= 0.6 is 0 Å². The fourth-order valence-corrected chi connectivity index (χ4v) is 0.668. The SMILES string of the molecule is CC(=O)CCC(=O)OCC(O)C(C)O. The number of esters is 1. The molecule has 2 atom stereocenters. The third kappa shape index (κ3) is 6.56. The second kappa shape index (κ2) is 6.50. The van der Waals surface area contributed by atoms with Crippen molar-refractivity contribution in [1.29, 1.82) is 0 Å². The minimum Gasteiger partial charge on any atom is -0.463 e. The third-order valence-electron chi connectivity index (χ3n) is 1.65. The summed E-state index contributed by atoms with van der Waals surface area (Å²) in [6.07, 6.45) is -1.85. The van der Waals surface area contributed by atoms with Crippen molar-refractivity contribution in [2.45, 2.75) is 38.9 Å². The van der Waals surface area contributed by atoms with E-state index in [-0.39, 0.29) is 25.2 Å². The van der Waals surface area contributed by atoms with E-state index in [0.717, 1.165) is 0 Å². The number of ketones is 1. The number of aliphatic hydroxyl groups is 2. The molecule has 0 rings (SSSR count). The van der Waals surface area contributed by atoms with Crippen LogP contribution < -0.4 is 0 Å². The molecule has 0 bridgehead atoms. The first-order chi connectivity index (χ1) is 6.43. The maximum atomic E-state index is 10.9. The van der Waals surface area contributed by atoms with Crippen molar-refractivity contribution in [2.75, 3.05) is 6.61 Å². The normalized spacial score (nSPS) is 14.6. The fraction of sp³-hybridized carbons (Fsp3) is 0.778. The predicted molar refractivity (Wildman–Crippen MR) is 48.6 cm³/mol. The molecule has 0 saturated carbocycles. The van der Waals surface area contributed by atoms with Crippen molar-refractivity contribution in [1.82, 2.24) is 0 Å². The Morgan fingerprint density at radius 3 is 2.29 bits per heavy atom. The third-order valence-corrected chi connectivity index (χ3v) is 1.65. The average molecular weight is 204 g/mol. The Morgan fingerprint density at radius 2 is 1.86 bits per heavy atom. The van der Waals surface area contributed by atoms with E-state index in [1.807, 2.05) is 0 Å². The summed E-state index contributed by atoms with van der Waals surface area (Å²) in [4.78, 5) is 21.4. The van der Waals surface area contributed by atoms with Crippen LogP contribution in [0.1, 0.15) is 26.7 Å². The second-order valence-corrected chi connectivity index (χ2v) is 3.19. The van der Waals surface area contributed by atoms with Crippen LogP contribution in [0.3, 0.4) is 0 Å². The molecule has 0 radical (unpaired) electrons. The number of Topliss-reactive ketones (excluding diaryl/α,β-unsaturated/α-hetero) is 1. The van der Waals surface area contributed by atoms with E-state index in [2.05, 4.69) is 4.74 Å². The fourth-order valence-electron chi connectivity index (χ4n) is 0.668. The monoisotopic (exact) mass is 204 g/mol. The lowest BCUT2D eigenvalue weighted by molar-refractivity contribution is -0.149. The van der Waals surface area contributed by atoms with E-state index in [1.54, 1.807) is 0 Å². The summed E-state index contributed by atoms with van der Waals surface area (Å²) in [5.74, 6) is -0.627. The first-order valence-corrected chi connectivity index (χ1v) is 4.44. The number of aliphatic hydroxyl groups excluding tert-OH is 2. The van der Waals surface area contributed by atoms with Gasteiger partial charge in [0, 0.05) is 6.42 Å². The molecule has 0 aromatic rings. The van der Waals surface area contributed by atoms with Gasteiger partial charge in [0.05, 0.1) is 12.5 Å². The van der Waals surface area contributed by atoms with Crippen molar-refractivity contribution in [3.8, 4) is 0 Å². The molecule has 5 heteroatoms. The number of ether oxygens (including phenoxy) is 1. The van der Waals surface area contributed by atoms with E-state index in [1.165, 1.54) is 13.8 Å². The van der Waals surface area contributed by atoms with Gasteiger partial charge in [0.25, 0.3) is 0 Å². The zero-order chi connectivity index (χ0) is 11.1. The highest BCUT2D eigenvalue weighted by molar-refractivity contribution is 5.80. The molecular formula is C9H16O5. The molecule has 82 valence electrons. The smallest absolute Gasteiger partial charge is 0.306 e. The molecule has 2 N–H and O–H groups in total. The molecule has 0 amide bonds. The summed E-state index contributed by atoms with van der Waals surface area (Å²) >= 11 is 0. The minimum atomic E-state index is -1.07. The molecule has 0 aliphatic carbocycles. The lowest BCUT2D eigenvalue weighted by Gasteiger charge is -2.13. The Morgan fingerprint density at radius 1 is 1.29 bits per heavy atom. The summed E-state index contributed by atoms with van der Waals surface area (Å²) < 4.78 is 4.61. The van der Waals surface area contributed by atoms with Crippen molar-refractivity contribution in [3.05, 3.63) is 0 Å². The van der Waals surface area contributed by atoms with Gasteiger partial charge < -0.3 is 19.7 Å².